The topological polar surface area (TPSA) is 49.3 Å². The number of hydrogen-bond donors (Lipinski definition) is 1. The first-order valence-electron chi connectivity index (χ1n) is 11.1. The van der Waals surface area contributed by atoms with E-state index in [1.54, 1.807) is 0 Å². The zero-order chi connectivity index (χ0) is 20.5. The number of hydrogen-bond acceptors (Lipinski definition) is 4. The van der Waals surface area contributed by atoms with Crippen molar-refractivity contribution in [2.45, 2.75) is 57.4 Å². The summed E-state index contributed by atoms with van der Waals surface area (Å²) in [5.41, 5.74) is 2.63. The van der Waals surface area contributed by atoms with Crippen LogP contribution >= 0.6 is 0 Å². The van der Waals surface area contributed by atoms with Crippen LogP contribution in [0, 0.1) is 0 Å². The van der Waals surface area contributed by atoms with E-state index >= 15 is 0 Å². The van der Waals surface area contributed by atoms with Crippen LogP contribution in [0.4, 0.5) is 0 Å². The fourth-order valence-corrected chi connectivity index (χ4v) is 4.13. The van der Waals surface area contributed by atoms with Gasteiger partial charge in [0.1, 0.15) is 0 Å². The van der Waals surface area contributed by atoms with Crippen molar-refractivity contribution in [1.29, 1.82) is 0 Å². The van der Waals surface area contributed by atoms with Gasteiger partial charge in [-0.3, -0.25) is 4.99 Å². The van der Waals surface area contributed by atoms with Gasteiger partial charge in [0.05, 0.1) is 18.8 Å². The van der Waals surface area contributed by atoms with E-state index in [1.165, 1.54) is 24.0 Å². The smallest absolute Gasteiger partial charge is 0.193 e. The molecule has 6 nitrogen and oxygen atoms in total. The zero-order valence-electron chi connectivity index (χ0n) is 18.4. The molecule has 2 aliphatic heterocycles. The number of nitrogens with zero attached hydrogens (tertiary/aromatic N) is 3. The first-order valence-corrected chi connectivity index (χ1v) is 11.1. The maximum absolute atomic E-state index is 6.14. The first kappa shape index (κ1) is 22.1. The zero-order valence-corrected chi connectivity index (χ0v) is 18.4. The van der Waals surface area contributed by atoms with Crippen molar-refractivity contribution in [3.8, 4) is 0 Å². The number of guanidine groups is 1. The molecule has 1 aromatic rings. The summed E-state index contributed by atoms with van der Waals surface area (Å²) in [7, 11) is 6.07. The number of benzene rings is 1. The van der Waals surface area contributed by atoms with Crippen LogP contribution in [0.1, 0.15) is 43.2 Å². The molecule has 0 aliphatic carbocycles. The van der Waals surface area contributed by atoms with Gasteiger partial charge in [-0.2, -0.15) is 0 Å². The van der Waals surface area contributed by atoms with E-state index in [2.05, 4.69) is 58.5 Å². The summed E-state index contributed by atoms with van der Waals surface area (Å²) >= 11 is 0. The Morgan fingerprint density at radius 1 is 1.21 bits per heavy atom. The molecule has 1 atom stereocenters. The number of aliphatic imine (C=N–C) groups is 1. The molecule has 2 aliphatic rings. The van der Waals surface area contributed by atoms with Gasteiger partial charge in [0, 0.05) is 39.8 Å². The molecule has 1 aromatic carbocycles. The van der Waals surface area contributed by atoms with E-state index in [0.717, 1.165) is 64.6 Å². The lowest BCUT2D eigenvalue weighted by Gasteiger charge is -2.35. The van der Waals surface area contributed by atoms with Crippen LogP contribution < -0.4 is 5.32 Å². The van der Waals surface area contributed by atoms with E-state index < -0.39 is 0 Å². The number of nitrogens with one attached hydrogen (secondary N) is 1. The second kappa shape index (κ2) is 11.5. The van der Waals surface area contributed by atoms with Crippen molar-refractivity contribution in [2.75, 3.05) is 47.4 Å². The lowest BCUT2D eigenvalue weighted by Crippen LogP contribution is -2.47. The maximum Gasteiger partial charge on any atom is 0.193 e. The molecule has 2 saturated heterocycles. The standard InChI is InChI=1S/C23H38N4O2/c1-24-23(25-16-19-7-6-8-20(15-19)17-26(2)3)27-12-10-21(11-13-27)29-18-22-9-4-5-14-28-22/h6-8,15,21-22H,4-5,9-14,16-18H2,1-3H3,(H,24,25). The molecule has 1 unspecified atom stereocenters. The summed E-state index contributed by atoms with van der Waals surface area (Å²) in [5, 5.41) is 3.54. The van der Waals surface area contributed by atoms with Gasteiger partial charge < -0.3 is 24.6 Å². The summed E-state index contributed by atoms with van der Waals surface area (Å²) in [5.74, 6) is 0.983. The Balaban J connectivity index is 1.41. The van der Waals surface area contributed by atoms with Crippen molar-refractivity contribution in [1.82, 2.24) is 15.1 Å². The van der Waals surface area contributed by atoms with E-state index in [-0.39, 0.29) is 0 Å². The molecule has 0 radical (unpaired) electrons. The average Bonchev–Trinajstić information content (AvgIpc) is 2.74. The molecule has 0 bridgehead atoms. The van der Waals surface area contributed by atoms with E-state index in [0.29, 0.717) is 12.2 Å². The molecule has 3 rings (SSSR count). The summed E-state index contributed by atoms with van der Waals surface area (Å²) in [6.45, 7) is 5.37. The molecule has 0 saturated carbocycles. The molecular weight excluding hydrogens is 364 g/mol. The van der Waals surface area contributed by atoms with Gasteiger partial charge in [0.2, 0.25) is 0 Å². The number of piperidine rings is 1. The van der Waals surface area contributed by atoms with Crippen LogP contribution in [0.15, 0.2) is 29.3 Å². The third-order valence-corrected chi connectivity index (χ3v) is 5.69. The minimum Gasteiger partial charge on any atom is -0.376 e. The van der Waals surface area contributed by atoms with Crippen molar-refractivity contribution >= 4 is 5.96 Å². The van der Waals surface area contributed by atoms with Gasteiger partial charge in [0.25, 0.3) is 0 Å². The minimum atomic E-state index is 0.305. The second-order valence-corrected chi connectivity index (χ2v) is 8.47. The summed E-state index contributed by atoms with van der Waals surface area (Å²) in [4.78, 5) is 9.04. The quantitative estimate of drug-likeness (QED) is 0.561. The largest absolute Gasteiger partial charge is 0.376 e. The van der Waals surface area contributed by atoms with Gasteiger partial charge in [0.15, 0.2) is 5.96 Å². The van der Waals surface area contributed by atoms with Gasteiger partial charge in [-0.25, -0.2) is 0 Å². The average molecular weight is 403 g/mol. The normalized spacial score (nSPS) is 21.6. The monoisotopic (exact) mass is 402 g/mol. The predicted molar refractivity (Wildman–Crippen MR) is 118 cm³/mol. The van der Waals surface area contributed by atoms with Gasteiger partial charge >= 0.3 is 0 Å². The van der Waals surface area contributed by atoms with Crippen molar-refractivity contribution < 1.29 is 9.47 Å². The Morgan fingerprint density at radius 2 is 2.00 bits per heavy atom. The Bertz CT molecular complexity index is 636. The lowest BCUT2D eigenvalue weighted by molar-refractivity contribution is -0.0721. The van der Waals surface area contributed by atoms with Crippen LogP contribution in [0.25, 0.3) is 0 Å². The van der Waals surface area contributed by atoms with Crippen LogP contribution in [0.5, 0.6) is 0 Å². The van der Waals surface area contributed by atoms with Crippen molar-refractivity contribution in [3.63, 3.8) is 0 Å². The van der Waals surface area contributed by atoms with Crippen LogP contribution in [0.3, 0.4) is 0 Å². The van der Waals surface area contributed by atoms with E-state index in [4.69, 9.17) is 9.47 Å². The van der Waals surface area contributed by atoms with Crippen molar-refractivity contribution in [3.05, 3.63) is 35.4 Å². The molecule has 0 aromatic heterocycles. The van der Waals surface area contributed by atoms with Gasteiger partial charge in [-0.05, 0) is 57.3 Å². The third-order valence-electron chi connectivity index (χ3n) is 5.69. The number of ether oxygens (including phenoxy) is 2. The molecule has 0 spiro atoms. The van der Waals surface area contributed by atoms with Crippen LogP contribution in [-0.2, 0) is 22.6 Å². The van der Waals surface area contributed by atoms with Crippen LogP contribution in [-0.4, -0.2) is 75.4 Å². The highest BCUT2D eigenvalue weighted by Crippen LogP contribution is 2.18. The summed E-state index contributed by atoms with van der Waals surface area (Å²) < 4.78 is 11.9. The Hall–Kier alpha value is -1.63. The fraction of sp³-hybridized carbons (Fsp3) is 0.696. The first-order chi connectivity index (χ1) is 14.1. The summed E-state index contributed by atoms with van der Waals surface area (Å²) in [6.07, 6.45) is 6.35. The molecular formula is C23H38N4O2. The molecule has 29 heavy (non-hydrogen) atoms. The maximum atomic E-state index is 6.14. The molecule has 162 valence electrons. The minimum absolute atomic E-state index is 0.305. The van der Waals surface area contributed by atoms with Crippen molar-refractivity contribution in [2.24, 2.45) is 4.99 Å². The highest BCUT2D eigenvalue weighted by Gasteiger charge is 2.23. The molecule has 0 amide bonds. The predicted octanol–water partition coefficient (Wildman–Crippen LogP) is 2.87. The van der Waals surface area contributed by atoms with Gasteiger partial charge in [-0.1, -0.05) is 24.3 Å². The lowest BCUT2D eigenvalue weighted by atomic mass is 10.1. The van der Waals surface area contributed by atoms with Crippen LogP contribution in [0.2, 0.25) is 0 Å². The number of likely N-dealkylation sites (tertiary alicyclic amines) is 1. The highest BCUT2D eigenvalue weighted by atomic mass is 16.5. The van der Waals surface area contributed by atoms with E-state index in [1.807, 2.05) is 7.05 Å². The van der Waals surface area contributed by atoms with Gasteiger partial charge in [-0.15, -0.1) is 0 Å². The molecule has 2 fully saturated rings. The SMILES string of the molecule is CN=C(NCc1cccc(CN(C)C)c1)N1CCC(OCC2CCCCO2)CC1. The van der Waals surface area contributed by atoms with E-state index in [9.17, 15) is 0 Å². The highest BCUT2D eigenvalue weighted by molar-refractivity contribution is 5.79. The Labute approximate surface area is 176 Å². The molecule has 2 heterocycles. The Morgan fingerprint density at radius 3 is 2.69 bits per heavy atom. The fourth-order valence-electron chi connectivity index (χ4n) is 4.13. The number of rotatable bonds is 7. The molecule has 1 N–H and O–H groups in total. The summed E-state index contributed by atoms with van der Waals surface area (Å²) in [6, 6.07) is 8.76. The third kappa shape index (κ3) is 7.28. The Kier molecular flexibility index (Phi) is 8.77. The molecule has 6 heteroatoms. The second-order valence-electron chi connectivity index (χ2n) is 8.47.